The van der Waals surface area contributed by atoms with E-state index in [0.717, 1.165) is 17.1 Å². The van der Waals surface area contributed by atoms with Crippen molar-refractivity contribution in [3.8, 4) is 5.75 Å². The summed E-state index contributed by atoms with van der Waals surface area (Å²) in [5, 5.41) is 3.18. The van der Waals surface area contributed by atoms with E-state index >= 15 is 0 Å². The Morgan fingerprint density at radius 2 is 2.31 bits per heavy atom. The van der Waals surface area contributed by atoms with Crippen LogP contribution in [0, 0.1) is 0 Å². The first-order chi connectivity index (χ1) is 7.85. The topological polar surface area (TPSA) is 47.3 Å². The molecular formula is C12H14N2O2. The number of furan rings is 1. The van der Waals surface area contributed by atoms with Gasteiger partial charge in [0.2, 0.25) is 0 Å². The molecule has 0 amide bonds. The van der Waals surface area contributed by atoms with Crippen LogP contribution in [0.25, 0.3) is 0 Å². The zero-order valence-electron chi connectivity index (χ0n) is 9.31. The lowest BCUT2D eigenvalue weighted by molar-refractivity contribution is 0.410. The van der Waals surface area contributed by atoms with E-state index in [4.69, 9.17) is 9.15 Å². The summed E-state index contributed by atoms with van der Waals surface area (Å²) >= 11 is 0. The summed E-state index contributed by atoms with van der Waals surface area (Å²) in [4.78, 5) is 4.13. The molecule has 0 radical (unpaired) electrons. The van der Waals surface area contributed by atoms with Crippen molar-refractivity contribution in [3.05, 3.63) is 48.2 Å². The molecule has 0 spiro atoms. The van der Waals surface area contributed by atoms with Gasteiger partial charge in [-0.05, 0) is 30.8 Å². The van der Waals surface area contributed by atoms with Crippen molar-refractivity contribution in [3.63, 3.8) is 0 Å². The summed E-state index contributed by atoms with van der Waals surface area (Å²) in [6.07, 6.45) is 5.14. The Kier molecular flexibility index (Phi) is 3.22. The Bertz CT molecular complexity index is 440. The molecule has 16 heavy (non-hydrogen) atoms. The van der Waals surface area contributed by atoms with Gasteiger partial charge in [-0.1, -0.05) is 0 Å². The van der Waals surface area contributed by atoms with Gasteiger partial charge in [-0.25, -0.2) is 0 Å². The predicted molar refractivity (Wildman–Crippen MR) is 60.4 cm³/mol. The molecule has 0 saturated heterocycles. The van der Waals surface area contributed by atoms with Crippen LogP contribution in [0.4, 0.5) is 0 Å². The van der Waals surface area contributed by atoms with E-state index in [1.54, 1.807) is 25.8 Å². The first-order valence-corrected chi connectivity index (χ1v) is 5.04. The van der Waals surface area contributed by atoms with Crippen molar-refractivity contribution in [2.45, 2.75) is 6.04 Å². The van der Waals surface area contributed by atoms with Crippen molar-refractivity contribution >= 4 is 0 Å². The number of pyridine rings is 1. The molecule has 0 aliphatic rings. The van der Waals surface area contributed by atoms with E-state index < -0.39 is 0 Å². The van der Waals surface area contributed by atoms with Gasteiger partial charge < -0.3 is 14.5 Å². The fourth-order valence-electron chi connectivity index (χ4n) is 1.63. The van der Waals surface area contributed by atoms with E-state index in [9.17, 15) is 0 Å². The summed E-state index contributed by atoms with van der Waals surface area (Å²) in [5.41, 5.74) is 1.01. The fourth-order valence-corrected chi connectivity index (χ4v) is 1.63. The third kappa shape index (κ3) is 2.06. The van der Waals surface area contributed by atoms with E-state index in [2.05, 4.69) is 10.3 Å². The lowest BCUT2D eigenvalue weighted by Gasteiger charge is -2.14. The largest absolute Gasteiger partial charge is 0.495 e. The Morgan fingerprint density at radius 3 is 2.94 bits per heavy atom. The van der Waals surface area contributed by atoms with Gasteiger partial charge in [-0.2, -0.15) is 0 Å². The minimum absolute atomic E-state index is 0.00222. The first-order valence-electron chi connectivity index (χ1n) is 5.04. The molecule has 2 heterocycles. The van der Waals surface area contributed by atoms with Gasteiger partial charge in [0.25, 0.3) is 0 Å². The normalized spacial score (nSPS) is 12.4. The third-order valence-corrected chi connectivity index (χ3v) is 2.42. The van der Waals surface area contributed by atoms with Crippen molar-refractivity contribution in [2.24, 2.45) is 0 Å². The molecule has 0 saturated carbocycles. The molecule has 4 heteroatoms. The summed E-state index contributed by atoms with van der Waals surface area (Å²) in [6, 6.07) is 5.74. The molecule has 0 bridgehead atoms. The van der Waals surface area contributed by atoms with Gasteiger partial charge in [-0.15, -0.1) is 0 Å². The summed E-state index contributed by atoms with van der Waals surface area (Å²) < 4.78 is 10.5. The second-order valence-corrected chi connectivity index (χ2v) is 3.40. The highest BCUT2D eigenvalue weighted by Gasteiger charge is 2.15. The zero-order valence-corrected chi connectivity index (χ0v) is 9.31. The number of aromatic nitrogens is 1. The summed E-state index contributed by atoms with van der Waals surface area (Å²) in [7, 11) is 3.51. The molecule has 2 aromatic rings. The van der Waals surface area contributed by atoms with Gasteiger partial charge in [0.15, 0.2) is 0 Å². The molecule has 0 aliphatic carbocycles. The van der Waals surface area contributed by atoms with Crippen LogP contribution in [0.1, 0.15) is 17.4 Å². The zero-order chi connectivity index (χ0) is 11.4. The standard InChI is InChI=1S/C12H14N2O2/c1-13-12(11-4-3-5-16-11)9-6-10(15-2)8-14-7-9/h3-8,12-13H,1-2H3. The number of hydrogen-bond acceptors (Lipinski definition) is 4. The lowest BCUT2D eigenvalue weighted by Crippen LogP contribution is -2.17. The Morgan fingerprint density at radius 1 is 1.44 bits per heavy atom. The SMILES string of the molecule is CNC(c1cncc(OC)c1)c1ccco1. The first kappa shape index (κ1) is 10.7. The monoisotopic (exact) mass is 218 g/mol. The van der Waals surface area contributed by atoms with Gasteiger partial charge in [0, 0.05) is 6.20 Å². The van der Waals surface area contributed by atoms with Crippen LogP contribution in [-0.2, 0) is 0 Å². The maximum atomic E-state index is 5.38. The molecule has 0 aliphatic heterocycles. The minimum Gasteiger partial charge on any atom is -0.495 e. The average Bonchev–Trinajstić information content (AvgIpc) is 2.84. The van der Waals surface area contributed by atoms with Gasteiger partial charge >= 0.3 is 0 Å². The Balaban J connectivity index is 2.33. The lowest BCUT2D eigenvalue weighted by atomic mass is 10.1. The molecule has 1 unspecified atom stereocenters. The van der Waals surface area contributed by atoms with Gasteiger partial charge in [0.05, 0.1) is 25.6 Å². The smallest absolute Gasteiger partial charge is 0.137 e. The van der Waals surface area contributed by atoms with Crippen LogP contribution in [0.5, 0.6) is 5.75 Å². The molecule has 0 fully saturated rings. The number of nitrogens with zero attached hydrogens (tertiary/aromatic N) is 1. The Hall–Kier alpha value is -1.81. The molecule has 4 nitrogen and oxygen atoms in total. The van der Waals surface area contributed by atoms with Crippen LogP contribution < -0.4 is 10.1 Å². The Labute approximate surface area is 94.3 Å². The highest BCUT2D eigenvalue weighted by Crippen LogP contribution is 2.23. The molecule has 2 aromatic heterocycles. The van der Waals surface area contributed by atoms with Gasteiger partial charge in [-0.3, -0.25) is 4.98 Å². The second-order valence-electron chi connectivity index (χ2n) is 3.40. The highest BCUT2D eigenvalue weighted by atomic mass is 16.5. The second kappa shape index (κ2) is 4.81. The average molecular weight is 218 g/mol. The maximum absolute atomic E-state index is 5.38. The minimum atomic E-state index is -0.00222. The molecular weight excluding hydrogens is 204 g/mol. The van der Waals surface area contributed by atoms with Crippen LogP contribution in [-0.4, -0.2) is 19.1 Å². The van der Waals surface area contributed by atoms with Gasteiger partial charge in [0.1, 0.15) is 11.5 Å². The van der Waals surface area contributed by atoms with Crippen LogP contribution >= 0.6 is 0 Å². The summed E-state index contributed by atoms with van der Waals surface area (Å²) in [5.74, 6) is 1.60. The number of ether oxygens (including phenoxy) is 1. The van der Waals surface area contributed by atoms with Crippen LogP contribution in [0.3, 0.4) is 0 Å². The molecule has 0 aromatic carbocycles. The predicted octanol–water partition coefficient (Wildman–Crippen LogP) is 1.99. The third-order valence-electron chi connectivity index (χ3n) is 2.42. The van der Waals surface area contributed by atoms with Crippen LogP contribution in [0.2, 0.25) is 0 Å². The molecule has 1 atom stereocenters. The maximum Gasteiger partial charge on any atom is 0.137 e. The van der Waals surface area contributed by atoms with Crippen molar-refractivity contribution in [1.82, 2.24) is 10.3 Å². The highest BCUT2D eigenvalue weighted by molar-refractivity contribution is 5.30. The summed E-state index contributed by atoms with van der Waals surface area (Å²) in [6.45, 7) is 0. The number of methoxy groups -OCH3 is 1. The van der Waals surface area contributed by atoms with Crippen molar-refractivity contribution < 1.29 is 9.15 Å². The number of nitrogens with one attached hydrogen (secondary N) is 1. The quantitative estimate of drug-likeness (QED) is 0.852. The van der Waals surface area contributed by atoms with E-state index in [-0.39, 0.29) is 6.04 Å². The van der Waals surface area contributed by atoms with Crippen molar-refractivity contribution in [1.29, 1.82) is 0 Å². The van der Waals surface area contributed by atoms with E-state index in [0.29, 0.717) is 0 Å². The molecule has 1 N–H and O–H groups in total. The molecule has 2 rings (SSSR count). The number of hydrogen-bond donors (Lipinski definition) is 1. The fraction of sp³-hybridized carbons (Fsp3) is 0.250. The molecule has 84 valence electrons. The number of rotatable bonds is 4. The van der Waals surface area contributed by atoms with E-state index in [1.165, 1.54) is 0 Å². The van der Waals surface area contributed by atoms with Crippen LogP contribution in [0.15, 0.2) is 41.3 Å². The van der Waals surface area contributed by atoms with E-state index in [1.807, 2.05) is 25.2 Å². The van der Waals surface area contributed by atoms with Crippen molar-refractivity contribution in [2.75, 3.05) is 14.2 Å².